The molecule has 0 aliphatic carbocycles. The van der Waals surface area contributed by atoms with Crippen molar-refractivity contribution in [3.63, 3.8) is 0 Å². The van der Waals surface area contributed by atoms with Crippen LogP contribution in [-0.4, -0.2) is 13.1 Å². The van der Waals surface area contributed by atoms with Crippen LogP contribution in [0.5, 0.6) is 0 Å². The van der Waals surface area contributed by atoms with Crippen LogP contribution in [-0.2, 0) is 6.42 Å². The molecule has 0 amide bonds. The van der Waals surface area contributed by atoms with Gasteiger partial charge < -0.3 is 5.32 Å². The Labute approximate surface area is 129 Å². The quantitative estimate of drug-likeness (QED) is 0.730. The van der Waals surface area contributed by atoms with E-state index in [4.69, 9.17) is 0 Å². The summed E-state index contributed by atoms with van der Waals surface area (Å²) >= 11 is 0. The number of rotatable bonds is 7. The summed E-state index contributed by atoms with van der Waals surface area (Å²) in [6.45, 7) is 8.72. The normalized spacial score (nSPS) is 12.3. The van der Waals surface area contributed by atoms with Crippen molar-refractivity contribution in [3.05, 3.63) is 70.8 Å². The van der Waals surface area contributed by atoms with Crippen molar-refractivity contribution < 1.29 is 0 Å². The van der Waals surface area contributed by atoms with Crippen LogP contribution in [0.3, 0.4) is 0 Å². The van der Waals surface area contributed by atoms with E-state index in [1.807, 2.05) is 0 Å². The van der Waals surface area contributed by atoms with E-state index in [2.05, 4.69) is 74.6 Å². The predicted molar refractivity (Wildman–Crippen MR) is 92.0 cm³/mol. The van der Waals surface area contributed by atoms with Crippen LogP contribution in [0.25, 0.3) is 0 Å². The fraction of sp³-hybridized carbons (Fsp3) is 0.400. The van der Waals surface area contributed by atoms with Crippen LogP contribution in [0.1, 0.15) is 41.5 Å². The molecule has 0 aliphatic rings. The Balaban J connectivity index is 2.15. The number of nitrogens with one attached hydrogen (secondary N) is 1. The average Bonchev–Trinajstić information content (AvgIpc) is 2.49. The minimum Gasteiger partial charge on any atom is -0.316 e. The second-order valence-corrected chi connectivity index (χ2v) is 5.95. The molecular formula is C20H27N. The highest BCUT2D eigenvalue weighted by atomic mass is 14.8. The number of hydrogen-bond acceptors (Lipinski definition) is 1. The number of aryl methyl sites for hydroxylation is 2. The topological polar surface area (TPSA) is 12.0 Å². The van der Waals surface area contributed by atoms with Gasteiger partial charge >= 0.3 is 0 Å². The molecule has 21 heavy (non-hydrogen) atoms. The van der Waals surface area contributed by atoms with Gasteiger partial charge in [-0.25, -0.2) is 0 Å². The molecule has 2 aromatic rings. The Morgan fingerprint density at radius 1 is 0.952 bits per heavy atom. The Kier molecular flexibility index (Phi) is 6.01. The molecule has 1 unspecified atom stereocenters. The second-order valence-electron chi connectivity index (χ2n) is 5.95. The highest BCUT2D eigenvalue weighted by molar-refractivity contribution is 5.32. The lowest BCUT2D eigenvalue weighted by molar-refractivity contribution is 0.575. The minimum absolute atomic E-state index is 0.542. The van der Waals surface area contributed by atoms with Crippen LogP contribution in [0.2, 0.25) is 0 Å². The molecule has 0 fully saturated rings. The van der Waals surface area contributed by atoms with Gasteiger partial charge in [-0.2, -0.15) is 0 Å². The summed E-state index contributed by atoms with van der Waals surface area (Å²) in [4.78, 5) is 0. The lowest BCUT2D eigenvalue weighted by Gasteiger charge is -2.20. The molecule has 1 N–H and O–H groups in total. The first-order valence-electron chi connectivity index (χ1n) is 8.02. The van der Waals surface area contributed by atoms with Crippen molar-refractivity contribution in [1.82, 2.24) is 5.32 Å². The molecule has 2 rings (SSSR count). The van der Waals surface area contributed by atoms with Crippen molar-refractivity contribution in [2.24, 2.45) is 0 Å². The van der Waals surface area contributed by atoms with E-state index in [1.54, 1.807) is 0 Å². The number of hydrogen-bond donors (Lipinski definition) is 1. The predicted octanol–water partition coefficient (Wildman–Crippen LogP) is 4.63. The fourth-order valence-corrected chi connectivity index (χ4v) is 2.80. The van der Waals surface area contributed by atoms with Gasteiger partial charge in [0.1, 0.15) is 0 Å². The van der Waals surface area contributed by atoms with E-state index >= 15 is 0 Å². The summed E-state index contributed by atoms with van der Waals surface area (Å²) in [5.41, 5.74) is 5.62. The van der Waals surface area contributed by atoms with Gasteiger partial charge in [-0.05, 0) is 49.9 Å². The Hall–Kier alpha value is -1.60. The third kappa shape index (κ3) is 4.71. The van der Waals surface area contributed by atoms with Crippen molar-refractivity contribution in [2.45, 2.75) is 39.5 Å². The fourth-order valence-electron chi connectivity index (χ4n) is 2.80. The molecule has 2 aromatic carbocycles. The SMILES string of the molecule is CCCNCC(Cc1ccc(C)cc1)c1ccccc1C. The second kappa shape index (κ2) is 7.99. The molecule has 0 heterocycles. The van der Waals surface area contributed by atoms with Gasteiger partial charge in [-0.1, -0.05) is 61.0 Å². The zero-order valence-electron chi connectivity index (χ0n) is 13.5. The first kappa shape index (κ1) is 15.8. The Bertz CT molecular complexity index is 542. The smallest absolute Gasteiger partial charge is 0.00234 e. The van der Waals surface area contributed by atoms with Crippen molar-refractivity contribution in [2.75, 3.05) is 13.1 Å². The van der Waals surface area contributed by atoms with Crippen LogP contribution in [0, 0.1) is 13.8 Å². The lowest BCUT2D eigenvalue weighted by Crippen LogP contribution is -2.24. The summed E-state index contributed by atoms with van der Waals surface area (Å²) in [6, 6.07) is 17.7. The highest BCUT2D eigenvalue weighted by Gasteiger charge is 2.14. The summed E-state index contributed by atoms with van der Waals surface area (Å²) in [6.07, 6.45) is 2.28. The Morgan fingerprint density at radius 3 is 2.33 bits per heavy atom. The molecule has 0 saturated carbocycles. The lowest BCUT2D eigenvalue weighted by atomic mass is 9.89. The van der Waals surface area contributed by atoms with Crippen LogP contribution < -0.4 is 5.32 Å². The van der Waals surface area contributed by atoms with E-state index in [1.165, 1.54) is 28.7 Å². The molecule has 1 heteroatoms. The largest absolute Gasteiger partial charge is 0.316 e. The van der Waals surface area contributed by atoms with E-state index in [-0.39, 0.29) is 0 Å². The van der Waals surface area contributed by atoms with Gasteiger partial charge in [0.15, 0.2) is 0 Å². The molecule has 0 spiro atoms. The van der Waals surface area contributed by atoms with Crippen molar-refractivity contribution in [1.29, 1.82) is 0 Å². The molecule has 1 nitrogen and oxygen atoms in total. The minimum atomic E-state index is 0.542. The Morgan fingerprint density at radius 2 is 1.67 bits per heavy atom. The zero-order chi connectivity index (χ0) is 15.1. The van der Waals surface area contributed by atoms with Crippen LogP contribution in [0.4, 0.5) is 0 Å². The molecule has 1 atom stereocenters. The summed E-state index contributed by atoms with van der Waals surface area (Å²) in [5, 5.41) is 3.59. The van der Waals surface area contributed by atoms with E-state index in [0.717, 1.165) is 19.5 Å². The molecule has 0 radical (unpaired) electrons. The van der Waals surface area contributed by atoms with Gasteiger partial charge in [-0.3, -0.25) is 0 Å². The summed E-state index contributed by atoms with van der Waals surface area (Å²) < 4.78 is 0. The summed E-state index contributed by atoms with van der Waals surface area (Å²) in [5.74, 6) is 0.542. The molecule has 0 bridgehead atoms. The monoisotopic (exact) mass is 281 g/mol. The first-order chi connectivity index (χ1) is 10.2. The maximum Gasteiger partial charge on any atom is 0.00234 e. The maximum absolute atomic E-state index is 3.59. The van der Waals surface area contributed by atoms with E-state index in [9.17, 15) is 0 Å². The van der Waals surface area contributed by atoms with Crippen molar-refractivity contribution >= 4 is 0 Å². The first-order valence-corrected chi connectivity index (χ1v) is 8.02. The molecule has 0 aromatic heterocycles. The number of benzene rings is 2. The van der Waals surface area contributed by atoms with Crippen molar-refractivity contribution in [3.8, 4) is 0 Å². The average molecular weight is 281 g/mol. The zero-order valence-corrected chi connectivity index (χ0v) is 13.5. The van der Waals surface area contributed by atoms with E-state index in [0.29, 0.717) is 5.92 Å². The third-order valence-corrected chi connectivity index (χ3v) is 4.05. The molecular weight excluding hydrogens is 254 g/mol. The van der Waals surface area contributed by atoms with Gasteiger partial charge in [0, 0.05) is 12.5 Å². The van der Waals surface area contributed by atoms with Gasteiger partial charge in [0.2, 0.25) is 0 Å². The van der Waals surface area contributed by atoms with Crippen LogP contribution >= 0.6 is 0 Å². The van der Waals surface area contributed by atoms with Crippen LogP contribution in [0.15, 0.2) is 48.5 Å². The van der Waals surface area contributed by atoms with Gasteiger partial charge in [0.05, 0.1) is 0 Å². The maximum atomic E-state index is 3.59. The molecule has 0 saturated heterocycles. The highest BCUT2D eigenvalue weighted by Crippen LogP contribution is 2.23. The van der Waals surface area contributed by atoms with Gasteiger partial charge in [-0.15, -0.1) is 0 Å². The van der Waals surface area contributed by atoms with E-state index < -0.39 is 0 Å². The molecule has 0 aliphatic heterocycles. The van der Waals surface area contributed by atoms with Gasteiger partial charge in [0.25, 0.3) is 0 Å². The molecule has 112 valence electrons. The standard InChI is InChI=1S/C20H27N/c1-4-13-21-15-19(20-8-6-5-7-17(20)3)14-18-11-9-16(2)10-12-18/h5-12,19,21H,4,13-15H2,1-3H3. The third-order valence-electron chi connectivity index (χ3n) is 4.05. The summed E-state index contributed by atoms with van der Waals surface area (Å²) in [7, 11) is 0.